The second-order valence-corrected chi connectivity index (χ2v) is 7.26. The molecule has 2 aromatic carbocycles. The first-order valence-corrected chi connectivity index (χ1v) is 9.94. The normalized spacial score (nSPS) is 12.6. The van der Waals surface area contributed by atoms with Gasteiger partial charge in [-0.05, 0) is 61.4 Å². The molecule has 0 saturated carbocycles. The van der Waals surface area contributed by atoms with E-state index < -0.39 is 11.8 Å². The quantitative estimate of drug-likeness (QED) is 0.558. The molecule has 6 heteroatoms. The molecule has 2 amide bonds. The number of hydrogen-bond donors (Lipinski definition) is 2. The van der Waals surface area contributed by atoms with Crippen LogP contribution in [0, 0.1) is 6.92 Å². The number of hydrogen-bond acceptors (Lipinski definition) is 4. The van der Waals surface area contributed by atoms with Crippen LogP contribution in [-0.2, 0) is 22.4 Å². The maximum Gasteiger partial charge on any atom is 0.276 e. The lowest BCUT2D eigenvalue weighted by atomic mass is 9.89. The number of carbonyl (C=O) groups excluding carboxylic acids is 3. The van der Waals surface area contributed by atoms with E-state index >= 15 is 0 Å². The molecule has 0 aliphatic heterocycles. The summed E-state index contributed by atoms with van der Waals surface area (Å²) in [5.41, 5.74) is 8.75. The van der Waals surface area contributed by atoms with Crippen LogP contribution in [0.4, 0.5) is 0 Å². The van der Waals surface area contributed by atoms with Crippen molar-refractivity contribution >= 4 is 17.6 Å². The summed E-state index contributed by atoms with van der Waals surface area (Å²) in [6.45, 7) is 1.67. The second-order valence-electron chi connectivity index (χ2n) is 7.26. The fourth-order valence-electron chi connectivity index (χ4n) is 3.38. The predicted octanol–water partition coefficient (Wildman–Crippen LogP) is 3.06. The lowest BCUT2D eigenvalue weighted by Gasteiger charge is -2.16. The molecule has 0 atom stereocenters. The maximum absolute atomic E-state index is 12.4. The molecule has 2 N–H and O–H groups in total. The van der Waals surface area contributed by atoms with Gasteiger partial charge in [0.25, 0.3) is 5.91 Å². The molecular weight excluding hydrogens is 368 g/mol. The molecule has 3 rings (SSSR count). The number of aryl methyl sites for hydroxylation is 3. The van der Waals surface area contributed by atoms with Gasteiger partial charge in [0.1, 0.15) is 5.75 Å². The Balaban J connectivity index is 1.39. The number of para-hydroxylation sites is 1. The number of rotatable bonds is 7. The van der Waals surface area contributed by atoms with Gasteiger partial charge < -0.3 is 4.74 Å². The van der Waals surface area contributed by atoms with Crippen LogP contribution in [0.2, 0.25) is 0 Å². The van der Waals surface area contributed by atoms with Gasteiger partial charge in [0.15, 0.2) is 12.4 Å². The van der Waals surface area contributed by atoms with E-state index in [0.717, 1.165) is 24.8 Å². The Hall–Kier alpha value is -3.15. The molecule has 1 aliphatic carbocycles. The maximum atomic E-state index is 12.4. The second kappa shape index (κ2) is 9.87. The van der Waals surface area contributed by atoms with Gasteiger partial charge in [0.2, 0.25) is 5.91 Å². The number of Topliss-reactive ketones (excluding diaryl/α,β-unsaturated/α-hetero) is 1. The standard InChI is InChI=1S/C23H26N2O4/c1-16-6-2-5-9-21(16)29-15-23(28)25-24-22(27)13-12-20(26)19-11-10-17-7-3-4-8-18(17)14-19/h2,5-6,9-11,14H,3-4,7-8,12-13,15H2,1H3,(H,24,27)(H,25,28). The van der Waals surface area contributed by atoms with Crippen molar-refractivity contribution in [2.24, 2.45) is 0 Å². The molecule has 29 heavy (non-hydrogen) atoms. The number of ether oxygens (including phenoxy) is 1. The SMILES string of the molecule is Cc1ccccc1OCC(=O)NNC(=O)CCC(=O)c1ccc2c(c1)CCCC2. The number of nitrogens with one attached hydrogen (secondary N) is 2. The Morgan fingerprint density at radius 2 is 1.62 bits per heavy atom. The van der Waals surface area contributed by atoms with Gasteiger partial charge in [0, 0.05) is 18.4 Å². The molecule has 0 spiro atoms. The number of hydrazine groups is 1. The van der Waals surface area contributed by atoms with E-state index in [1.54, 1.807) is 6.07 Å². The molecule has 2 aromatic rings. The minimum Gasteiger partial charge on any atom is -0.483 e. The third kappa shape index (κ3) is 5.91. The zero-order valence-corrected chi connectivity index (χ0v) is 16.6. The highest BCUT2D eigenvalue weighted by atomic mass is 16.5. The van der Waals surface area contributed by atoms with Gasteiger partial charge in [-0.1, -0.05) is 30.3 Å². The Labute approximate surface area is 170 Å². The van der Waals surface area contributed by atoms with E-state index in [1.807, 2.05) is 43.3 Å². The van der Waals surface area contributed by atoms with Crippen molar-refractivity contribution in [2.45, 2.75) is 45.4 Å². The molecule has 0 heterocycles. The van der Waals surface area contributed by atoms with Crippen molar-refractivity contribution in [3.05, 3.63) is 64.7 Å². The lowest BCUT2D eigenvalue weighted by Crippen LogP contribution is -2.43. The Morgan fingerprint density at radius 1 is 0.897 bits per heavy atom. The van der Waals surface area contributed by atoms with Gasteiger partial charge in [-0.25, -0.2) is 0 Å². The Morgan fingerprint density at radius 3 is 2.41 bits per heavy atom. The zero-order chi connectivity index (χ0) is 20.6. The minimum atomic E-state index is -0.470. The van der Waals surface area contributed by atoms with E-state index in [-0.39, 0.29) is 25.2 Å². The van der Waals surface area contributed by atoms with Crippen LogP contribution in [0.25, 0.3) is 0 Å². The number of carbonyl (C=O) groups is 3. The average molecular weight is 394 g/mol. The summed E-state index contributed by atoms with van der Waals surface area (Å²) in [6.07, 6.45) is 4.53. The number of benzene rings is 2. The van der Waals surface area contributed by atoms with Crippen molar-refractivity contribution in [3.8, 4) is 5.75 Å². The zero-order valence-electron chi connectivity index (χ0n) is 16.6. The van der Waals surface area contributed by atoms with Gasteiger partial charge in [-0.3, -0.25) is 25.2 Å². The average Bonchev–Trinajstić information content (AvgIpc) is 2.75. The minimum absolute atomic E-state index is 0.00878. The third-order valence-corrected chi connectivity index (χ3v) is 5.04. The molecule has 0 aromatic heterocycles. The molecule has 0 fully saturated rings. The van der Waals surface area contributed by atoms with Gasteiger partial charge in [-0.15, -0.1) is 0 Å². The van der Waals surface area contributed by atoms with Crippen LogP contribution in [0.15, 0.2) is 42.5 Å². The van der Waals surface area contributed by atoms with Gasteiger partial charge >= 0.3 is 0 Å². The summed E-state index contributed by atoms with van der Waals surface area (Å²) >= 11 is 0. The van der Waals surface area contributed by atoms with E-state index in [1.165, 1.54) is 17.5 Å². The van der Waals surface area contributed by atoms with Crippen LogP contribution in [0.3, 0.4) is 0 Å². The first kappa shape index (κ1) is 20.6. The highest BCUT2D eigenvalue weighted by Crippen LogP contribution is 2.23. The molecule has 0 radical (unpaired) electrons. The number of ketones is 1. The lowest BCUT2D eigenvalue weighted by molar-refractivity contribution is -0.130. The monoisotopic (exact) mass is 394 g/mol. The van der Waals surface area contributed by atoms with E-state index in [9.17, 15) is 14.4 Å². The largest absolute Gasteiger partial charge is 0.483 e. The first-order chi connectivity index (χ1) is 14.0. The van der Waals surface area contributed by atoms with Crippen LogP contribution in [0.5, 0.6) is 5.75 Å². The summed E-state index contributed by atoms with van der Waals surface area (Å²) in [5, 5.41) is 0. The first-order valence-electron chi connectivity index (χ1n) is 9.94. The van der Waals surface area contributed by atoms with E-state index in [4.69, 9.17) is 4.74 Å². The topological polar surface area (TPSA) is 84.5 Å². The summed E-state index contributed by atoms with van der Waals surface area (Å²) in [6, 6.07) is 13.2. The van der Waals surface area contributed by atoms with Crippen molar-refractivity contribution in [1.29, 1.82) is 0 Å². The Bertz CT molecular complexity index is 908. The molecule has 1 aliphatic rings. The molecular formula is C23H26N2O4. The van der Waals surface area contributed by atoms with Crippen molar-refractivity contribution in [1.82, 2.24) is 10.9 Å². The van der Waals surface area contributed by atoms with Crippen LogP contribution < -0.4 is 15.6 Å². The summed E-state index contributed by atoms with van der Waals surface area (Å²) in [4.78, 5) is 36.1. The van der Waals surface area contributed by atoms with Crippen molar-refractivity contribution in [3.63, 3.8) is 0 Å². The summed E-state index contributed by atoms with van der Waals surface area (Å²) < 4.78 is 5.41. The Kier molecular flexibility index (Phi) is 7.00. The van der Waals surface area contributed by atoms with Gasteiger partial charge in [-0.2, -0.15) is 0 Å². The summed E-state index contributed by atoms with van der Waals surface area (Å²) in [5.74, 6) is -0.337. The fraction of sp³-hybridized carbons (Fsp3) is 0.348. The molecule has 0 bridgehead atoms. The van der Waals surface area contributed by atoms with Crippen LogP contribution in [-0.4, -0.2) is 24.2 Å². The predicted molar refractivity (Wildman–Crippen MR) is 110 cm³/mol. The highest BCUT2D eigenvalue weighted by molar-refractivity contribution is 5.98. The van der Waals surface area contributed by atoms with Crippen LogP contribution in [0.1, 0.15) is 52.7 Å². The van der Waals surface area contributed by atoms with Gasteiger partial charge in [0.05, 0.1) is 0 Å². The highest BCUT2D eigenvalue weighted by Gasteiger charge is 2.14. The fourth-order valence-corrected chi connectivity index (χ4v) is 3.38. The smallest absolute Gasteiger partial charge is 0.276 e. The molecule has 0 saturated heterocycles. The molecule has 0 unspecified atom stereocenters. The van der Waals surface area contributed by atoms with E-state index in [2.05, 4.69) is 10.9 Å². The van der Waals surface area contributed by atoms with Crippen LogP contribution >= 0.6 is 0 Å². The number of amides is 2. The van der Waals surface area contributed by atoms with Crippen molar-refractivity contribution in [2.75, 3.05) is 6.61 Å². The number of fused-ring (bicyclic) bond motifs is 1. The molecule has 152 valence electrons. The van der Waals surface area contributed by atoms with E-state index in [0.29, 0.717) is 11.3 Å². The molecule has 6 nitrogen and oxygen atoms in total. The summed E-state index contributed by atoms with van der Waals surface area (Å²) in [7, 11) is 0. The van der Waals surface area contributed by atoms with Crippen molar-refractivity contribution < 1.29 is 19.1 Å². The third-order valence-electron chi connectivity index (χ3n) is 5.04.